The number of methoxy groups -OCH3 is 2. The van der Waals surface area contributed by atoms with Crippen LogP contribution in [-0.4, -0.2) is 35.8 Å². The average Bonchev–Trinajstić information content (AvgIpc) is 2.74. The predicted molar refractivity (Wildman–Crippen MR) is 112 cm³/mol. The topological polar surface area (TPSA) is 82.6 Å². The second kappa shape index (κ2) is 9.79. The summed E-state index contributed by atoms with van der Waals surface area (Å²) in [4.78, 5) is 21.0. The zero-order chi connectivity index (χ0) is 20.6. The van der Waals surface area contributed by atoms with Crippen molar-refractivity contribution in [2.75, 3.05) is 25.3 Å². The van der Waals surface area contributed by atoms with Gasteiger partial charge in [0.2, 0.25) is 5.91 Å². The zero-order valence-electron chi connectivity index (χ0n) is 16.3. The Morgan fingerprint density at radius 1 is 1.03 bits per heavy atom. The third-order valence-electron chi connectivity index (χ3n) is 3.91. The standard InChI is InChI=1S/C21H21N3O4S/c1-14-6-4-5-7-18(14)28-20-21(23-9-8-22-20)29-13-19(25)24-15-10-16(26-2)12-17(11-15)27-3/h4-12H,13H2,1-3H3,(H,24,25). The van der Waals surface area contributed by atoms with Crippen molar-refractivity contribution in [1.29, 1.82) is 0 Å². The van der Waals surface area contributed by atoms with Gasteiger partial charge in [0.25, 0.3) is 5.88 Å². The van der Waals surface area contributed by atoms with E-state index in [1.165, 1.54) is 11.8 Å². The monoisotopic (exact) mass is 411 g/mol. The molecule has 0 radical (unpaired) electrons. The molecule has 0 saturated heterocycles. The Balaban J connectivity index is 1.66. The van der Waals surface area contributed by atoms with Crippen molar-refractivity contribution in [3.05, 3.63) is 60.4 Å². The van der Waals surface area contributed by atoms with E-state index >= 15 is 0 Å². The molecule has 0 fully saturated rings. The number of carbonyl (C=O) groups excluding carboxylic acids is 1. The summed E-state index contributed by atoms with van der Waals surface area (Å²) < 4.78 is 16.3. The number of thioether (sulfide) groups is 1. The summed E-state index contributed by atoms with van der Waals surface area (Å²) in [6.07, 6.45) is 3.12. The Morgan fingerprint density at radius 3 is 2.41 bits per heavy atom. The van der Waals surface area contributed by atoms with E-state index in [1.54, 1.807) is 44.8 Å². The summed E-state index contributed by atoms with van der Waals surface area (Å²) in [6, 6.07) is 12.8. The van der Waals surface area contributed by atoms with E-state index < -0.39 is 0 Å². The number of rotatable bonds is 8. The highest BCUT2D eigenvalue weighted by molar-refractivity contribution is 8.00. The van der Waals surface area contributed by atoms with E-state index in [0.717, 1.165) is 5.56 Å². The second-order valence-corrected chi connectivity index (χ2v) is 6.94. The molecule has 0 atom stereocenters. The molecule has 0 aliphatic carbocycles. The maximum atomic E-state index is 12.4. The molecule has 0 spiro atoms. The first kappa shape index (κ1) is 20.5. The van der Waals surface area contributed by atoms with Gasteiger partial charge in [-0.2, -0.15) is 0 Å². The lowest BCUT2D eigenvalue weighted by molar-refractivity contribution is -0.113. The van der Waals surface area contributed by atoms with Gasteiger partial charge >= 0.3 is 0 Å². The molecule has 1 heterocycles. The van der Waals surface area contributed by atoms with E-state index in [4.69, 9.17) is 14.2 Å². The third-order valence-corrected chi connectivity index (χ3v) is 4.87. The number of carbonyl (C=O) groups is 1. The fourth-order valence-corrected chi connectivity index (χ4v) is 3.16. The van der Waals surface area contributed by atoms with Crippen LogP contribution in [0, 0.1) is 6.92 Å². The van der Waals surface area contributed by atoms with Crippen LogP contribution >= 0.6 is 11.8 Å². The molecule has 0 bridgehead atoms. The Labute approximate surface area is 173 Å². The molecule has 1 N–H and O–H groups in total. The van der Waals surface area contributed by atoms with E-state index in [1.807, 2.05) is 31.2 Å². The molecule has 8 heteroatoms. The van der Waals surface area contributed by atoms with Crippen molar-refractivity contribution in [3.63, 3.8) is 0 Å². The van der Waals surface area contributed by atoms with E-state index in [-0.39, 0.29) is 11.7 Å². The van der Waals surface area contributed by atoms with Crippen LogP contribution in [0.3, 0.4) is 0 Å². The highest BCUT2D eigenvalue weighted by Crippen LogP contribution is 2.31. The Kier molecular flexibility index (Phi) is 6.91. The summed E-state index contributed by atoms with van der Waals surface area (Å²) in [5.41, 5.74) is 1.57. The first-order valence-corrected chi connectivity index (χ1v) is 9.78. The number of amides is 1. The minimum Gasteiger partial charge on any atom is -0.497 e. The van der Waals surface area contributed by atoms with Crippen LogP contribution in [0.2, 0.25) is 0 Å². The quantitative estimate of drug-likeness (QED) is 0.553. The molecule has 1 aromatic heterocycles. The SMILES string of the molecule is COc1cc(NC(=O)CSc2nccnc2Oc2ccccc2C)cc(OC)c1. The number of hydrogen-bond acceptors (Lipinski definition) is 7. The number of ether oxygens (including phenoxy) is 3. The Morgan fingerprint density at radius 2 is 1.72 bits per heavy atom. The van der Waals surface area contributed by atoms with Crippen molar-refractivity contribution >= 4 is 23.4 Å². The lowest BCUT2D eigenvalue weighted by Gasteiger charge is -2.11. The number of nitrogens with zero attached hydrogens (tertiary/aromatic N) is 2. The van der Waals surface area contributed by atoms with Crippen LogP contribution < -0.4 is 19.5 Å². The molecule has 2 aromatic carbocycles. The smallest absolute Gasteiger partial charge is 0.252 e. The van der Waals surface area contributed by atoms with Crippen molar-refractivity contribution in [2.24, 2.45) is 0 Å². The largest absolute Gasteiger partial charge is 0.497 e. The summed E-state index contributed by atoms with van der Waals surface area (Å²) in [6.45, 7) is 1.95. The maximum absolute atomic E-state index is 12.4. The van der Waals surface area contributed by atoms with Crippen LogP contribution in [0.1, 0.15) is 5.56 Å². The second-order valence-electron chi connectivity index (χ2n) is 5.97. The lowest BCUT2D eigenvalue weighted by Crippen LogP contribution is -2.14. The Bertz CT molecular complexity index is 975. The number of anilines is 1. The van der Waals surface area contributed by atoms with Crippen molar-refractivity contribution in [2.45, 2.75) is 11.9 Å². The van der Waals surface area contributed by atoms with E-state index in [0.29, 0.717) is 33.8 Å². The number of nitrogens with one attached hydrogen (secondary N) is 1. The predicted octanol–water partition coefficient (Wildman–Crippen LogP) is 4.33. The number of aromatic nitrogens is 2. The first-order valence-electron chi connectivity index (χ1n) is 8.79. The van der Waals surface area contributed by atoms with Gasteiger partial charge in [0.1, 0.15) is 17.2 Å². The molecule has 0 saturated carbocycles. The number of benzene rings is 2. The minimum atomic E-state index is -0.196. The maximum Gasteiger partial charge on any atom is 0.252 e. The molecular weight excluding hydrogens is 390 g/mol. The van der Waals surface area contributed by atoms with Crippen LogP contribution in [0.4, 0.5) is 5.69 Å². The summed E-state index contributed by atoms with van der Waals surface area (Å²) in [7, 11) is 3.11. The Hall–Kier alpha value is -3.26. The van der Waals surface area contributed by atoms with Gasteiger partial charge in [-0.1, -0.05) is 30.0 Å². The van der Waals surface area contributed by atoms with Gasteiger partial charge in [-0.25, -0.2) is 9.97 Å². The zero-order valence-corrected chi connectivity index (χ0v) is 17.2. The highest BCUT2D eigenvalue weighted by Gasteiger charge is 2.13. The van der Waals surface area contributed by atoms with Gasteiger partial charge in [0.05, 0.1) is 20.0 Å². The van der Waals surface area contributed by atoms with Crippen LogP contribution in [-0.2, 0) is 4.79 Å². The molecule has 1 amide bonds. The molecule has 3 rings (SSSR count). The summed E-state index contributed by atoms with van der Waals surface area (Å²) in [5.74, 6) is 2.19. The number of para-hydroxylation sites is 1. The number of hydrogen-bond donors (Lipinski definition) is 1. The van der Waals surface area contributed by atoms with Gasteiger partial charge in [-0.15, -0.1) is 0 Å². The van der Waals surface area contributed by atoms with Crippen molar-refractivity contribution < 1.29 is 19.0 Å². The van der Waals surface area contributed by atoms with Crippen LogP contribution in [0.5, 0.6) is 23.1 Å². The fraction of sp³-hybridized carbons (Fsp3) is 0.190. The highest BCUT2D eigenvalue weighted by atomic mass is 32.2. The van der Waals surface area contributed by atoms with Gasteiger partial charge in [-0.05, 0) is 18.6 Å². The van der Waals surface area contributed by atoms with Gasteiger partial charge in [-0.3, -0.25) is 4.79 Å². The lowest BCUT2D eigenvalue weighted by atomic mass is 10.2. The molecule has 0 aliphatic heterocycles. The van der Waals surface area contributed by atoms with Gasteiger partial charge < -0.3 is 19.5 Å². The summed E-state index contributed by atoms with van der Waals surface area (Å²) in [5, 5.41) is 3.37. The van der Waals surface area contributed by atoms with Crippen molar-refractivity contribution in [3.8, 4) is 23.1 Å². The minimum absolute atomic E-state index is 0.141. The number of aryl methyl sites for hydroxylation is 1. The van der Waals surface area contributed by atoms with E-state index in [2.05, 4.69) is 15.3 Å². The van der Waals surface area contributed by atoms with Crippen LogP contribution in [0.15, 0.2) is 59.9 Å². The first-order chi connectivity index (χ1) is 14.1. The summed E-state index contributed by atoms with van der Waals surface area (Å²) >= 11 is 1.25. The van der Waals surface area contributed by atoms with Crippen LogP contribution in [0.25, 0.3) is 0 Å². The third kappa shape index (κ3) is 5.61. The molecule has 0 unspecified atom stereocenters. The molecular formula is C21H21N3O4S. The van der Waals surface area contributed by atoms with Gasteiger partial charge in [0, 0.05) is 36.3 Å². The molecule has 3 aromatic rings. The van der Waals surface area contributed by atoms with Crippen molar-refractivity contribution in [1.82, 2.24) is 9.97 Å². The fourth-order valence-electron chi connectivity index (χ4n) is 2.47. The molecule has 150 valence electrons. The molecule has 0 aliphatic rings. The molecule has 7 nitrogen and oxygen atoms in total. The average molecular weight is 411 g/mol. The normalized spacial score (nSPS) is 10.3. The van der Waals surface area contributed by atoms with Gasteiger partial charge in [0.15, 0.2) is 5.03 Å². The van der Waals surface area contributed by atoms with E-state index in [9.17, 15) is 4.79 Å². The molecule has 29 heavy (non-hydrogen) atoms.